The van der Waals surface area contributed by atoms with Crippen LogP contribution >= 0.6 is 0 Å². The van der Waals surface area contributed by atoms with Crippen LogP contribution in [0.15, 0.2) is 0 Å². The van der Waals surface area contributed by atoms with E-state index in [1.807, 2.05) is 0 Å². The number of imide groups is 1. The van der Waals surface area contributed by atoms with Gasteiger partial charge in [0.2, 0.25) is 0 Å². The molecule has 2 N–H and O–H groups in total. The zero-order chi connectivity index (χ0) is 8.36. The van der Waals surface area contributed by atoms with Gasteiger partial charge in [-0.15, -0.1) is 0 Å². The van der Waals surface area contributed by atoms with E-state index in [9.17, 15) is 22.8 Å². The van der Waals surface area contributed by atoms with Gasteiger partial charge >= 0.3 is 18.2 Å². The molecule has 58 valence electrons. The summed E-state index contributed by atoms with van der Waals surface area (Å²) in [6, 6.07) is 0. The molecule has 0 aliphatic rings. The molecule has 0 spiro atoms. The Kier molecular flexibility index (Phi) is 2.22. The van der Waals surface area contributed by atoms with Crippen LogP contribution in [0.3, 0.4) is 0 Å². The van der Waals surface area contributed by atoms with E-state index in [1.165, 1.54) is 0 Å². The molecule has 4 nitrogen and oxygen atoms in total. The lowest BCUT2D eigenvalue weighted by Crippen LogP contribution is -2.39. The summed E-state index contributed by atoms with van der Waals surface area (Å²) in [7, 11) is 0. The first kappa shape index (κ1) is 8.73. The fourth-order valence-corrected chi connectivity index (χ4v) is 0.168. The van der Waals surface area contributed by atoms with Crippen molar-refractivity contribution in [2.24, 2.45) is 0 Å². The first-order chi connectivity index (χ1) is 4.34. The Morgan fingerprint density at radius 3 is 1.80 bits per heavy atom. The summed E-state index contributed by atoms with van der Waals surface area (Å²) in [5, 5.41) is 8.25. The Balaban J connectivity index is 3.99. The Morgan fingerprint density at radius 2 is 1.70 bits per heavy atom. The summed E-state index contributed by atoms with van der Waals surface area (Å²) in [6.45, 7) is 0. The van der Waals surface area contributed by atoms with Crippen LogP contribution in [-0.4, -0.2) is 23.3 Å². The molecule has 0 radical (unpaired) electrons. The van der Waals surface area contributed by atoms with Crippen molar-refractivity contribution in [2.45, 2.75) is 6.18 Å². The van der Waals surface area contributed by atoms with Crippen molar-refractivity contribution in [3.63, 3.8) is 0 Å². The number of halogens is 3. The number of rotatable bonds is 0. The topological polar surface area (TPSA) is 66.4 Å². The molecule has 0 saturated heterocycles. The van der Waals surface area contributed by atoms with E-state index in [-0.39, 0.29) is 0 Å². The van der Waals surface area contributed by atoms with Crippen LogP contribution in [0.2, 0.25) is 0 Å². The SMILES string of the molecule is O=C(O)NC(=O)C(F)(F)F. The average molecular weight is 157 g/mol. The van der Waals surface area contributed by atoms with Crippen LogP contribution in [0.25, 0.3) is 0 Å². The zero-order valence-electron chi connectivity index (χ0n) is 4.40. The largest absolute Gasteiger partial charge is 0.471 e. The predicted molar refractivity (Wildman–Crippen MR) is 22.2 cm³/mol. The minimum atomic E-state index is -5.14. The van der Waals surface area contributed by atoms with Crippen LogP contribution in [0.1, 0.15) is 0 Å². The van der Waals surface area contributed by atoms with Crippen LogP contribution in [-0.2, 0) is 4.79 Å². The van der Waals surface area contributed by atoms with Gasteiger partial charge < -0.3 is 5.11 Å². The van der Waals surface area contributed by atoms with Gasteiger partial charge in [-0.05, 0) is 0 Å². The molecule has 0 heterocycles. The Hall–Kier alpha value is -1.27. The molecule has 0 atom stereocenters. The monoisotopic (exact) mass is 157 g/mol. The third-order valence-electron chi connectivity index (χ3n) is 0.478. The van der Waals surface area contributed by atoms with Gasteiger partial charge in [0.15, 0.2) is 0 Å². The van der Waals surface area contributed by atoms with Crippen molar-refractivity contribution < 1.29 is 27.9 Å². The highest BCUT2D eigenvalue weighted by Gasteiger charge is 2.39. The molecular formula is C3H2F3NO3. The quantitative estimate of drug-likeness (QED) is 0.532. The number of carboxylic acid groups (broad SMARTS) is 1. The second kappa shape index (κ2) is 2.54. The summed E-state index contributed by atoms with van der Waals surface area (Å²) in [5.74, 6) is -2.49. The minimum Gasteiger partial charge on any atom is -0.465 e. The fourth-order valence-electron chi connectivity index (χ4n) is 0.168. The predicted octanol–water partition coefficient (Wildman–Crippen LogP) is 0.343. The van der Waals surface area contributed by atoms with Gasteiger partial charge in [0.1, 0.15) is 0 Å². The number of carbonyl (C=O) groups is 2. The van der Waals surface area contributed by atoms with Gasteiger partial charge in [0.25, 0.3) is 0 Å². The van der Waals surface area contributed by atoms with Gasteiger partial charge in [0.05, 0.1) is 0 Å². The highest BCUT2D eigenvalue weighted by Crippen LogP contribution is 2.13. The first-order valence-corrected chi connectivity index (χ1v) is 1.95. The molecule has 0 saturated carbocycles. The van der Waals surface area contributed by atoms with Crippen molar-refractivity contribution in [1.82, 2.24) is 5.32 Å². The molecule has 0 unspecified atom stereocenters. The number of carbonyl (C=O) groups excluding carboxylic acids is 1. The van der Waals surface area contributed by atoms with E-state index in [0.717, 1.165) is 0 Å². The Labute approximate surface area is 52.6 Å². The summed E-state index contributed by atoms with van der Waals surface area (Å²) in [6.07, 6.45) is -7.17. The molecule has 10 heavy (non-hydrogen) atoms. The van der Waals surface area contributed by atoms with Gasteiger partial charge in [-0.1, -0.05) is 0 Å². The molecule has 0 fully saturated rings. The smallest absolute Gasteiger partial charge is 0.465 e. The average Bonchev–Trinajstić information content (AvgIpc) is 1.60. The molecule has 0 aliphatic carbocycles. The van der Waals surface area contributed by atoms with E-state index in [2.05, 4.69) is 0 Å². The van der Waals surface area contributed by atoms with Crippen LogP contribution < -0.4 is 5.32 Å². The van der Waals surface area contributed by atoms with E-state index >= 15 is 0 Å². The number of hydrogen-bond donors (Lipinski definition) is 2. The van der Waals surface area contributed by atoms with Gasteiger partial charge in [-0.25, -0.2) is 4.79 Å². The number of nitrogens with one attached hydrogen (secondary N) is 1. The molecule has 0 bridgehead atoms. The molecule has 0 rings (SSSR count). The molecule has 7 heteroatoms. The molecule has 0 aromatic heterocycles. The highest BCUT2D eigenvalue weighted by molar-refractivity contribution is 5.94. The zero-order valence-corrected chi connectivity index (χ0v) is 4.40. The fraction of sp³-hybridized carbons (Fsp3) is 0.333. The lowest BCUT2D eigenvalue weighted by molar-refractivity contribution is -0.172. The van der Waals surface area contributed by atoms with Gasteiger partial charge in [-0.3, -0.25) is 10.1 Å². The molecule has 2 amide bonds. The number of alkyl halides is 3. The maximum atomic E-state index is 11.1. The van der Waals surface area contributed by atoms with Crippen molar-refractivity contribution in [3.8, 4) is 0 Å². The van der Waals surface area contributed by atoms with Crippen LogP contribution in [0.5, 0.6) is 0 Å². The summed E-state index contributed by atoms with van der Waals surface area (Å²) >= 11 is 0. The number of amides is 2. The Morgan fingerprint density at radius 1 is 1.30 bits per heavy atom. The lowest BCUT2D eigenvalue weighted by atomic mass is 10.6. The standard InChI is InChI=1S/C3H2F3NO3/c4-3(5,6)1(8)7-2(9)10/h(H,7,8)(H,9,10). The molecule has 0 aliphatic heterocycles. The maximum Gasteiger partial charge on any atom is 0.471 e. The van der Waals surface area contributed by atoms with Crippen LogP contribution in [0, 0.1) is 0 Å². The van der Waals surface area contributed by atoms with Gasteiger partial charge in [0, 0.05) is 0 Å². The second-order valence-electron chi connectivity index (χ2n) is 1.26. The third-order valence-corrected chi connectivity index (χ3v) is 0.478. The summed E-state index contributed by atoms with van der Waals surface area (Å²) in [5.41, 5.74) is 0. The van der Waals surface area contributed by atoms with Crippen molar-refractivity contribution >= 4 is 12.0 Å². The van der Waals surface area contributed by atoms with E-state index in [1.54, 1.807) is 0 Å². The first-order valence-electron chi connectivity index (χ1n) is 1.95. The lowest BCUT2D eigenvalue weighted by Gasteiger charge is -2.01. The normalized spacial score (nSPS) is 10.7. The van der Waals surface area contributed by atoms with E-state index < -0.39 is 18.2 Å². The van der Waals surface area contributed by atoms with Crippen molar-refractivity contribution in [3.05, 3.63) is 0 Å². The maximum absolute atomic E-state index is 11.1. The third kappa shape index (κ3) is 2.90. The van der Waals surface area contributed by atoms with E-state index in [0.29, 0.717) is 5.32 Å². The van der Waals surface area contributed by atoms with E-state index in [4.69, 9.17) is 5.11 Å². The van der Waals surface area contributed by atoms with Crippen molar-refractivity contribution in [1.29, 1.82) is 0 Å². The summed E-state index contributed by atoms with van der Waals surface area (Å²) < 4.78 is 33.4. The second-order valence-corrected chi connectivity index (χ2v) is 1.26. The van der Waals surface area contributed by atoms with Crippen molar-refractivity contribution in [2.75, 3.05) is 0 Å². The minimum absolute atomic E-state index is 0.635. The molecule has 0 aromatic rings. The van der Waals surface area contributed by atoms with Crippen LogP contribution in [0.4, 0.5) is 18.0 Å². The number of hydrogen-bond acceptors (Lipinski definition) is 2. The van der Waals surface area contributed by atoms with Gasteiger partial charge in [-0.2, -0.15) is 13.2 Å². The molecule has 0 aromatic carbocycles. The summed E-state index contributed by atoms with van der Waals surface area (Å²) in [4.78, 5) is 19.1. The Bertz CT molecular complexity index is 163. The molecular weight excluding hydrogens is 155 g/mol. The highest BCUT2D eigenvalue weighted by atomic mass is 19.4.